The largest absolute Gasteiger partial charge is 0.445 e. The molecule has 0 bridgehead atoms. The minimum atomic E-state index is -0.512. The molecule has 2 amide bonds. The van der Waals surface area contributed by atoms with Gasteiger partial charge in [0.2, 0.25) is 0 Å². The average molecular weight is 346 g/mol. The van der Waals surface area contributed by atoms with Crippen molar-refractivity contribution in [3.05, 3.63) is 35.9 Å². The summed E-state index contributed by atoms with van der Waals surface area (Å²) in [5.74, 6) is 0. The molecule has 136 valence electrons. The molecule has 0 unspecified atom stereocenters. The van der Waals surface area contributed by atoms with Crippen LogP contribution in [-0.4, -0.2) is 52.8 Å². The maximum atomic E-state index is 12.4. The van der Waals surface area contributed by atoms with Gasteiger partial charge in [-0.2, -0.15) is 0 Å². The third-order valence-corrected chi connectivity index (χ3v) is 4.65. The van der Waals surface area contributed by atoms with Gasteiger partial charge < -0.3 is 19.3 Å². The van der Waals surface area contributed by atoms with Crippen LogP contribution in [0, 0.1) is 0 Å². The first-order valence-corrected chi connectivity index (χ1v) is 8.82. The van der Waals surface area contributed by atoms with Gasteiger partial charge in [0.15, 0.2) is 0 Å². The number of amides is 2. The summed E-state index contributed by atoms with van der Waals surface area (Å²) < 4.78 is 10.9. The molecule has 1 aromatic carbocycles. The molecule has 1 aliphatic heterocycles. The highest BCUT2D eigenvalue weighted by molar-refractivity contribution is 5.72. The lowest BCUT2D eigenvalue weighted by atomic mass is 9.82. The third-order valence-electron chi connectivity index (χ3n) is 4.65. The molecule has 0 aromatic heterocycles. The second kappa shape index (κ2) is 6.94. The maximum absolute atomic E-state index is 12.4. The molecule has 0 radical (unpaired) electrons. The zero-order valence-electron chi connectivity index (χ0n) is 15.1. The fourth-order valence-corrected chi connectivity index (χ4v) is 3.32. The van der Waals surface area contributed by atoms with E-state index < -0.39 is 5.60 Å². The number of carbonyl (C=O) groups is 2. The van der Waals surface area contributed by atoms with E-state index in [2.05, 4.69) is 0 Å². The Labute approximate surface area is 148 Å². The summed E-state index contributed by atoms with van der Waals surface area (Å²) in [4.78, 5) is 28.3. The highest BCUT2D eigenvalue weighted by Gasteiger charge is 2.47. The van der Waals surface area contributed by atoms with Gasteiger partial charge in [0.05, 0.1) is 12.1 Å². The van der Waals surface area contributed by atoms with E-state index in [1.54, 1.807) is 9.80 Å². The second-order valence-electron chi connectivity index (χ2n) is 7.62. The summed E-state index contributed by atoms with van der Waals surface area (Å²) in [6.07, 6.45) is 1.19. The summed E-state index contributed by atoms with van der Waals surface area (Å²) in [7, 11) is 0. The molecule has 2 fully saturated rings. The smallest absolute Gasteiger partial charge is 0.410 e. The van der Waals surface area contributed by atoms with Gasteiger partial charge in [-0.3, -0.25) is 0 Å². The Morgan fingerprint density at radius 1 is 1.00 bits per heavy atom. The van der Waals surface area contributed by atoms with E-state index in [1.807, 2.05) is 51.1 Å². The van der Waals surface area contributed by atoms with E-state index >= 15 is 0 Å². The summed E-state index contributed by atoms with van der Waals surface area (Å²) >= 11 is 0. The summed E-state index contributed by atoms with van der Waals surface area (Å²) in [6.45, 7) is 6.81. The fraction of sp³-hybridized carbons (Fsp3) is 0.579. The zero-order chi connectivity index (χ0) is 18.0. The number of carbonyl (C=O) groups excluding carboxylic acids is 2. The molecular formula is C19H26N2O4. The van der Waals surface area contributed by atoms with E-state index in [-0.39, 0.29) is 30.9 Å². The standard InChI is InChI=1S/C19H26N2O4/c1-19(2,3)25-18(23)21-12-11-20(15-9-10-16(15)21)17(22)24-13-14-7-5-4-6-8-14/h4-8,15-16H,9-13H2,1-3H3/t15-,16-/m1/s1. The van der Waals surface area contributed by atoms with Crippen LogP contribution in [0.15, 0.2) is 30.3 Å². The van der Waals surface area contributed by atoms with Gasteiger partial charge in [-0.25, -0.2) is 9.59 Å². The molecule has 0 N–H and O–H groups in total. The van der Waals surface area contributed by atoms with Crippen molar-refractivity contribution in [2.45, 2.75) is 57.9 Å². The predicted molar refractivity (Wildman–Crippen MR) is 93.1 cm³/mol. The van der Waals surface area contributed by atoms with Crippen molar-refractivity contribution >= 4 is 12.2 Å². The number of fused-ring (bicyclic) bond motifs is 1. The van der Waals surface area contributed by atoms with Crippen molar-refractivity contribution in [3.63, 3.8) is 0 Å². The van der Waals surface area contributed by atoms with Crippen LogP contribution in [0.4, 0.5) is 9.59 Å². The second-order valence-corrected chi connectivity index (χ2v) is 7.62. The zero-order valence-corrected chi connectivity index (χ0v) is 15.1. The first-order valence-electron chi connectivity index (χ1n) is 8.82. The van der Waals surface area contributed by atoms with Crippen molar-refractivity contribution in [2.75, 3.05) is 13.1 Å². The number of piperazine rings is 1. The number of benzene rings is 1. The van der Waals surface area contributed by atoms with E-state index in [0.29, 0.717) is 13.1 Å². The number of ether oxygens (including phenoxy) is 2. The van der Waals surface area contributed by atoms with E-state index in [0.717, 1.165) is 18.4 Å². The Bertz CT molecular complexity index is 626. The summed E-state index contributed by atoms with van der Waals surface area (Å²) in [5, 5.41) is 0. The molecule has 1 aliphatic carbocycles. The van der Waals surface area contributed by atoms with Crippen LogP contribution in [0.5, 0.6) is 0 Å². The van der Waals surface area contributed by atoms with Gasteiger partial charge in [0.1, 0.15) is 12.2 Å². The topological polar surface area (TPSA) is 59.1 Å². The molecule has 6 nitrogen and oxygen atoms in total. The predicted octanol–water partition coefficient (Wildman–Crippen LogP) is 3.41. The normalized spacial score (nSPS) is 22.7. The van der Waals surface area contributed by atoms with Crippen molar-refractivity contribution < 1.29 is 19.1 Å². The first kappa shape index (κ1) is 17.6. The van der Waals surface area contributed by atoms with E-state index in [4.69, 9.17) is 9.47 Å². The average Bonchev–Trinajstić information content (AvgIpc) is 2.52. The van der Waals surface area contributed by atoms with Crippen LogP contribution >= 0.6 is 0 Å². The van der Waals surface area contributed by atoms with Crippen LogP contribution in [0.1, 0.15) is 39.2 Å². The van der Waals surface area contributed by atoms with Gasteiger partial charge in [-0.1, -0.05) is 30.3 Å². The molecule has 2 atom stereocenters. The fourth-order valence-electron chi connectivity index (χ4n) is 3.32. The minimum Gasteiger partial charge on any atom is -0.445 e. The summed E-state index contributed by atoms with van der Waals surface area (Å²) in [6, 6.07) is 9.70. The van der Waals surface area contributed by atoms with Gasteiger partial charge in [-0.05, 0) is 39.2 Å². The minimum absolute atomic E-state index is 0.0320. The molecule has 1 saturated heterocycles. The van der Waals surface area contributed by atoms with Crippen LogP contribution in [0.25, 0.3) is 0 Å². The quantitative estimate of drug-likeness (QED) is 0.823. The number of hydrogen-bond donors (Lipinski definition) is 0. The molecule has 3 rings (SSSR count). The Morgan fingerprint density at radius 2 is 1.56 bits per heavy atom. The molecule has 1 heterocycles. The maximum Gasteiger partial charge on any atom is 0.410 e. The third kappa shape index (κ3) is 4.06. The molecule has 0 spiro atoms. The van der Waals surface area contributed by atoms with Crippen molar-refractivity contribution in [2.24, 2.45) is 0 Å². The highest BCUT2D eigenvalue weighted by Crippen LogP contribution is 2.34. The van der Waals surface area contributed by atoms with Gasteiger partial charge in [-0.15, -0.1) is 0 Å². The van der Waals surface area contributed by atoms with Gasteiger partial charge in [0, 0.05) is 13.1 Å². The number of nitrogens with zero attached hydrogens (tertiary/aromatic N) is 2. The first-order chi connectivity index (χ1) is 11.8. The van der Waals surface area contributed by atoms with E-state index in [9.17, 15) is 9.59 Å². The monoisotopic (exact) mass is 346 g/mol. The van der Waals surface area contributed by atoms with Crippen LogP contribution < -0.4 is 0 Å². The molecule has 6 heteroatoms. The van der Waals surface area contributed by atoms with E-state index in [1.165, 1.54) is 0 Å². The molecule has 2 aliphatic rings. The molecule has 25 heavy (non-hydrogen) atoms. The Kier molecular flexibility index (Phi) is 4.88. The van der Waals surface area contributed by atoms with Crippen LogP contribution in [0.3, 0.4) is 0 Å². The van der Waals surface area contributed by atoms with Gasteiger partial charge in [0.25, 0.3) is 0 Å². The van der Waals surface area contributed by atoms with Crippen molar-refractivity contribution in [1.29, 1.82) is 0 Å². The SMILES string of the molecule is CC(C)(C)OC(=O)N1CCN(C(=O)OCc2ccccc2)[C@@H]2CC[C@H]21. The Balaban J connectivity index is 1.56. The lowest BCUT2D eigenvalue weighted by Gasteiger charge is -2.52. The highest BCUT2D eigenvalue weighted by atomic mass is 16.6. The number of rotatable bonds is 2. The number of hydrogen-bond acceptors (Lipinski definition) is 4. The van der Waals surface area contributed by atoms with Crippen LogP contribution in [-0.2, 0) is 16.1 Å². The van der Waals surface area contributed by atoms with Crippen LogP contribution in [0.2, 0.25) is 0 Å². The van der Waals surface area contributed by atoms with Gasteiger partial charge >= 0.3 is 12.2 Å². The lowest BCUT2D eigenvalue weighted by molar-refractivity contribution is -0.0501. The summed E-state index contributed by atoms with van der Waals surface area (Å²) in [5.41, 5.74) is 0.454. The van der Waals surface area contributed by atoms with Crippen molar-refractivity contribution in [3.8, 4) is 0 Å². The van der Waals surface area contributed by atoms with Crippen molar-refractivity contribution in [1.82, 2.24) is 9.80 Å². The molecule has 1 saturated carbocycles. The Hall–Kier alpha value is -2.24. The molecular weight excluding hydrogens is 320 g/mol. The Morgan fingerprint density at radius 3 is 2.08 bits per heavy atom. The lowest BCUT2D eigenvalue weighted by Crippen LogP contribution is -2.67. The molecule has 1 aromatic rings.